The fourth-order valence-corrected chi connectivity index (χ4v) is 4.13. The summed E-state index contributed by atoms with van der Waals surface area (Å²) in [6, 6.07) is 19.2. The molecule has 4 aromatic rings. The molecule has 1 amide bonds. The van der Waals surface area contributed by atoms with Crippen molar-refractivity contribution in [2.24, 2.45) is 0 Å². The monoisotopic (exact) mass is 460 g/mol. The second kappa shape index (κ2) is 9.09. The number of amides is 1. The number of nitrogens with one attached hydrogen (secondary N) is 2. The van der Waals surface area contributed by atoms with Gasteiger partial charge in [-0.25, -0.2) is 18.4 Å². The van der Waals surface area contributed by atoms with Gasteiger partial charge in [0.25, 0.3) is 15.9 Å². The average Bonchev–Trinajstić information content (AvgIpc) is 2.81. The normalized spacial score (nSPS) is 11.1. The first-order valence-corrected chi connectivity index (χ1v) is 11.4. The highest BCUT2D eigenvalue weighted by molar-refractivity contribution is 7.92. The van der Waals surface area contributed by atoms with Gasteiger partial charge in [-0.05, 0) is 49.4 Å². The van der Waals surface area contributed by atoms with Crippen molar-refractivity contribution < 1.29 is 18.3 Å². The third-order valence-corrected chi connectivity index (χ3v) is 6.10. The average molecular weight is 461 g/mol. The molecule has 33 heavy (non-hydrogen) atoms. The van der Waals surface area contributed by atoms with Crippen LogP contribution in [-0.4, -0.2) is 29.4 Å². The quantitative estimate of drug-likeness (QED) is 0.396. The van der Waals surface area contributed by atoms with E-state index in [9.17, 15) is 18.3 Å². The predicted molar refractivity (Wildman–Crippen MR) is 126 cm³/mol. The second-order valence-electron chi connectivity index (χ2n) is 7.30. The molecule has 0 aliphatic carbocycles. The summed E-state index contributed by atoms with van der Waals surface area (Å²) in [5.41, 5.74) is 2.58. The smallest absolute Gasteiger partial charge is 0.261 e. The number of aromatic nitrogens is 2. The number of rotatable bonds is 6. The summed E-state index contributed by atoms with van der Waals surface area (Å²) in [6.45, 7) is 1.91. The van der Waals surface area contributed by atoms with Crippen LogP contribution in [0.4, 0.5) is 11.4 Å². The van der Waals surface area contributed by atoms with E-state index in [4.69, 9.17) is 0 Å². The lowest BCUT2D eigenvalue weighted by molar-refractivity contribution is 0.102. The molecule has 0 bridgehead atoms. The van der Waals surface area contributed by atoms with Crippen molar-refractivity contribution in [2.45, 2.75) is 11.8 Å². The highest BCUT2D eigenvalue weighted by Crippen LogP contribution is 2.21. The number of aryl methyl sites for hydroxylation is 1. The summed E-state index contributed by atoms with van der Waals surface area (Å²) in [7, 11) is -3.87. The van der Waals surface area contributed by atoms with E-state index in [0.29, 0.717) is 22.8 Å². The Morgan fingerprint density at radius 2 is 1.58 bits per heavy atom. The Morgan fingerprint density at radius 3 is 2.27 bits per heavy atom. The van der Waals surface area contributed by atoms with E-state index in [1.54, 1.807) is 42.5 Å². The van der Waals surface area contributed by atoms with Crippen LogP contribution in [0.15, 0.2) is 90.1 Å². The van der Waals surface area contributed by atoms with Crippen LogP contribution in [-0.2, 0) is 10.0 Å². The molecule has 0 unspecified atom stereocenters. The number of benzene rings is 3. The van der Waals surface area contributed by atoms with Crippen LogP contribution >= 0.6 is 0 Å². The molecular weight excluding hydrogens is 440 g/mol. The van der Waals surface area contributed by atoms with Crippen molar-refractivity contribution in [3.63, 3.8) is 0 Å². The molecule has 0 fully saturated rings. The highest BCUT2D eigenvalue weighted by Gasteiger charge is 2.17. The molecule has 0 aliphatic rings. The van der Waals surface area contributed by atoms with Crippen molar-refractivity contribution in [3.05, 3.63) is 96.3 Å². The molecule has 1 heterocycles. The van der Waals surface area contributed by atoms with Crippen molar-refractivity contribution in [2.75, 3.05) is 10.0 Å². The second-order valence-corrected chi connectivity index (χ2v) is 8.98. The summed E-state index contributed by atoms with van der Waals surface area (Å²) in [5.74, 6) is -0.0181. The van der Waals surface area contributed by atoms with Crippen molar-refractivity contribution in [1.29, 1.82) is 0 Å². The number of aromatic hydroxyl groups is 1. The summed E-state index contributed by atoms with van der Waals surface area (Å²) >= 11 is 0. The molecule has 1 aromatic heterocycles. The number of phenolic OH excluding ortho intramolecular Hbond substituents is 1. The number of hydrogen-bond donors (Lipinski definition) is 3. The van der Waals surface area contributed by atoms with Gasteiger partial charge in [-0.15, -0.1) is 0 Å². The number of carbonyl (C=O) groups is 1. The van der Waals surface area contributed by atoms with E-state index < -0.39 is 15.9 Å². The standard InChI is InChI=1S/C24H20N4O4S/c1-16-8-10-19(11-9-16)28-33(31,32)22-7-3-5-18(13-22)24(30)27-20-14-25-23(26-15-20)17-4-2-6-21(29)12-17/h2-15,28-29H,1H3,(H,27,30). The molecule has 4 rings (SSSR count). The lowest BCUT2D eigenvalue weighted by Gasteiger charge is -2.10. The zero-order valence-corrected chi connectivity index (χ0v) is 18.4. The fourth-order valence-electron chi connectivity index (χ4n) is 3.03. The number of anilines is 2. The minimum Gasteiger partial charge on any atom is -0.508 e. The Labute approximate surface area is 191 Å². The number of hydrogen-bond acceptors (Lipinski definition) is 6. The summed E-state index contributed by atoms with van der Waals surface area (Å²) < 4.78 is 28.0. The molecule has 0 spiro atoms. The molecule has 3 aromatic carbocycles. The molecule has 0 saturated heterocycles. The maximum absolute atomic E-state index is 12.7. The number of phenols is 1. The molecule has 3 N–H and O–H groups in total. The van der Waals surface area contributed by atoms with E-state index in [1.807, 2.05) is 6.92 Å². The van der Waals surface area contributed by atoms with Gasteiger partial charge < -0.3 is 10.4 Å². The first kappa shape index (κ1) is 22.0. The lowest BCUT2D eigenvalue weighted by Crippen LogP contribution is -2.16. The van der Waals surface area contributed by atoms with E-state index >= 15 is 0 Å². The van der Waals surface area contributed by atoms with Gasteiger partial charge in [-0.1, -0.05) is 35.9 Å². The van der Waals surface area contributed by atoms with Crippen LogP contribution in [0, 0.1) is 6.92 Å². The maximum atomic E-state index is 12.7. The molecule has 0 aliphatic heterocycles. The van der Waals surface area contributed by atoms with Gasteiger partial charge in [0.05, 0.1) is 23.0 Å². The SMILES string of the molecule is Cc1ccc(NS(=O)(=O)c2cccc(C(=O)Nc3cnc(-c4cccc(O)c4)nc3)c2)cc1. The van der Waals surface area contributed by atoms with Gasteiger partial charge in [0.1, 0.15) is 5.75 Å². The number of nitrogens with zero attached hydrogens (tertiary/aromatic N) is 2. The van der Waals surface area contributed by atoms with Crippen LogP contribution in [0.25, 0.3) is 11.4 Å². The van der Waals surface area contributed by atoms with Gasteiger partial charge >= 0.3 is 0 Å². The molecule has 8 nitrogen and oxygen atoms in total. The van der Waals surface area contributed by atoms with Crippen LogP contribution < -0.4 is 10.0 Å². The highest BCUT2D eigenvalue weighted by atomic mass is 32.2. The Bertz CT molecular complexity index is 1400. The Kier molecular flexibility index (Phi) is 6.05. The van der Waals surface area contributed by atoms with E-state index in [-0.39, 0.29) is 16.2 Å². The molecule has 166 valence electrons. The lowest BCUT2D eigenvalue weighted by atomic mass is 10.2. The molecule has 0 saturated carbocycles. The van der Waals surface area contributed by atoms with Gasteiger partial charge in [-0.2, -0.15) is 0 Å². The fraction of sp³-hybridized carbons (Fsp3) is 0.0417. The molecule has 0 radical (unpaired) electrons. The zero-order chi connectivity index (χ0) is 23.4. The molecule has 0 atom stereocenters. The van der Waals surface area contributed by atoms with Crippen LogP contribution in [0.5, 0.6) is 5.75 Å². The van der Waals surface area contributed by atoms with Crippen molar-refractivity contribution in [1.82, 2.24) is 9.97 Å². The predicted octanol–water partition coefficient (Wildman–Crippen LogP) is 4.21. The first-order valence-electron chi connectivity index (χ1n) is 9.92. The van der Waals surface area contributed by atoms with Gasteiger partial charge in [0.15, 0.2) is 5.82 Å². The topological polar surface area (TPSA) is 121 Å². The van der Waals surface area contributed by atoms with Crippen molar-refractivity contribution >= 4 is 27.3 Å². The minimum atomic E-state index is -3.87. The first-order chi connectivity index (χ1) is 15.8. The Morgan fingerprint density at radius 1 is 0.879 bits per heavy atom. The minimum absolute atomic E-state index is 0.0359. The van der Waals surface area contributed by atoms with Crippen molar-refractivity contribution in [3.8, 4) is 17.1 Å². The van der Waals surface area contributed by atoms with Gasteiger partial charge in [-0.3, -0.25) is 9.52 Å². The number of carbonyl (C=O) groups excluding carboxylic acids is 1. The van der Waals surface area contributed by atoms with Crippen LogP contribution in [0.2, 0.25) is 0 Å². The van der Waals surface area contributed by atoms with Crippen LogP contribution in [0.1, 0.15) is 15.9 Å². The van der Waals surface area contributed by atoms with E-state index in [0.717, 1.165) is 5.56 Å². The third-order valence-electron chi connectivity index (χ3n) is 4.72. The van der Waals surface area contributed by atoms with E-state index in [1.165, 1.54) is 42.7 Å². The number of sulfonamides is 1. The van der Waals surface area contributed by atoms with E-state index in [2.05, 4.69) is 20.0 Å². The van der Waals surface area contributed by atoms with Gasteiger partial charge in [0.2, 0.25) is 0 Å². The van der Waals surface area contributed by atoms with Crippen LogP contribution in [0.3, 0.4) is 0 Å². The summed E-state index contributed by atoms with van der Waals surface area (Å²) in [5, 5.41) is 12.2. The Balaban J connectivity index is 1.49. The third kappa shape index (κ3) is 5.34. The Hall–Kier alpha value is -4.24. The summed E-state index contributed by atoms with van der Waals surface area (Å²) in [6.07, 6.45) is 2.87. The van der Waals surface area contributed by atoms with Gasteiger partial charge in [0, 0.05) is 16.8 Å². The zero-order valence-electron chi connectivity index (χ0n) is 17.6. The maximum Gasteiger partial charge on any atom is 0.261 e. The summed E-state index contributed by atoms with van der Waals surface area (Å²) in [4.78, 5) is 21.0. The molecule has 9 heteroatoms. The molecular formula is C24H20N4O4S. The largest absolute Gasteiger partial charge is 0.508 e.